The van der Waals surface area contributed by atoms with Crippen LogP contribution in [0.5, 0.6) is 0 Å². The predicted molar refractivity (Wildman–Crippen MR) is 53.2 cm³/mol. The van der Waals surface area contributed by atoms with Crippen LogP contribution in [0.3, 0.4) is 0 Å². The Morgan fingerprint density at radius 2 is 1.87 bits per heavy atom. The van der Waals surface area contributed by atoms with Gasteiger partial charge in [-0.2, -0.15) is 0 Å². The molecule has 0 amide bonds. The molecule has 0 unspecified atom stereocenters. The monoisotopic (exact) mass is 230 g/mol. The average Bonchev–Trinajstić information content (AvgIpc) is 2.67. The fourth-order valence-corrected chi connectivity index (χ4v) is 2.31. The first-order valence-corrected chi connectivity index (χ1v) is 7.00. The summed E-state index contributed by atoms with van der Waals surface area (Å²) in [6.45, 7) is 0. The third-order valence-electron chi connectivity index (χ3n) is 2.69. The maximum absolute atomic E-state index is 11.1. The molecule has 84 valence electrons. The lowest BCUT2D eigenvalue weighted by Gasteiger charge is -2.17. The summed E-state index contributed by atoms with van der Waals surface area (Å²) in [5, 5.41) is 7.11. The molecule has 1 saturated carbocycles. The minimum Gasteiger partial charge on any atom is -0.412 e. The van der Waals surface area contributed by atoms with Crippen molar-refractivity contribution in [3.63, 3.8) is 0 Å². The number of hydrogen-bond donors (Lipinski definition) is 0. The highest BCUT2D eigenvalue weighted by Gasteiger charge is 2.24. The van der Waals surface area contributed by atoms with Crippen LogP contribution in [0.2, 0.25) is 0 Å². The second kappa shape index (κ2) is 3.92. The summed E-state index contributed by atoms with van der Waals surface area (Å²) in [6.07, 6.45) is 6.66. The van der Waals surface area contributed by atoms with E-state index in [4.69, 9.17) is 4.42 Å². The molecular formula is C9H14N2O3S. The Balaban J connectivity index is 2.19. The maximum atomic E-state index is 11.1. The van der Waals surface area contributed by atoms with Gasteiger partial charge >= 0.3 is 5.22 Å². The summed E-state index contributed by atoms with van der Waals surface area (Å²) in [7, 11) is -3.36. The van der Waals surface area contributed by atoms with Crippen LogP contribution in [0, 0.1) is 0 Å². The molecule has 0 N–H and O–H groups in total. The van der Waals surface area contributed by atoms with E-state index < -0.39 is 9.84 Å². The fraction of sp³-hybridized carbons (Fsp3) is 0.778. The van der Waals surface area contributed by atoms with E-state index in [2.05, 4.69) is 10.2 Å². The van der Waals surface area contributed by atoms with Crippen molar-refractivity contribution in [2.75, 3.05) is 6.26 Å². The van der Waals surface area contributed by atoms with Crippen molar-refractivity contribution in [1.82, 2.24) is 10.2 Å². The molecule has 1 heterocycles. The van der Waals surface area contributed by atoms with Gasteiger partial charge in [-0.3, -0.25) is 0 Å². The third-order valence-corrected chi connectivity index (χ3v) is 3.49. The standard InChI is InChI=1S/C9H14N2O3S/c1-15(12,13)9-11-10-8(14-9)7-5-3-2-4-6-7/h7H,2-6H2,1H3. The quantitative estimate of drug-likeness (QED) is 0.770. The molecule has 15 heavy (non-hydrogen) atoms. The van der Waals surface area contributed by atoms with Crippen LogP contribution >= 0.6 is 0 Å². The Morgan fingerprint density at radius 1 is 1.20 bits per heavy atom. The van der Waals surface area contributed by atoms with Gasteiger partial charge in [-0.15, -0.1) is 5.10 Å². The van der Waals surface area contributed by atoms with Crippen LogP contribution in [-0.4, -0.2) is 24.9 Å². The molecule has 1 aromatic rings. The fourth-order valence-electron chi connectivity index (χ4n) is 1.88. The predicted octanol–water partition coefficient (Wildman–Crippen LogP) is 1.52. The van der Waals surface area contributed by atoms with E-state index in [0.29, 0.717) is 5.89 Å². The highest BCUT2D eigenvalue weighted by atomic mass is 32.2. The first kappa shape index (κ1) is 10.6. The zero-order valence-electron chi connectivity index (χ0n) is 8.64. The van der Waals surface area contributed by atoms with Gasteiger partial charge in [-0.1, -0.05) is 24.4 Å². The molecule has 6 heteroatoms. The second-order valence-corrected chi connectivity index (χ2v) is 5.91. The van der Waals surface area contributed by atoms with Crippen molar-refractivity contribution in [2.24, 2.45) is 0 Å². The Hall–Kier alpha value is -0.910. The minimum absolute atomic E-state index is 0.252. The Labute approximate surface area is 88.8 Å². The van der Waals surface area contributed by atoms with Gasteiger partial charge < -0.3 is 4.42 Å². The van der Waals surface area contributed by atoms with Crippen molar-refractivity contribution in [3.05, 3.63) is 5.89 Å². The largest absolute Gasteiger partial charge is 0.412 e. The van der Waals surface area contributed by atoms with Crippen LogP contribution < -0.4 is 0 Å². The van der Waals surface area contributed by atoms with Gasteiger partial charge in [0.25, 0.3) is 0 Å². The molecule has 0 aromatic carbocycles. The highest BCUT2D eigenvalue weighted by molar-refractivity contribution is 7.90. The van der Waals surface area contributed by atoms with Crippen molar-refractivity contribution in [3.8, 4) is 0 Å². The smallest absolute Gasteiger partial charge is 0.335 e. The Bertz CT molecular complexity index is 432. The van der Waals surface area contributed by atoms with Gasteiger partial charge in [-0.25, -0.2) is 8.42 Å². The lowest BCUT2D eigenvalue weighted by Crippen LogP contribution is -2.04. The summed E-state index contributed by atoms with van der Waals surface area (Å²) < 4.78 is 27.4. The molecule has 0 spiro atoms. The van der Waals surface area contributed by atoms with E-state index >= 15 is 0 Å². The number of nitrogens with zero attached hydrogens (tertiary/aromatic N) is 2. The second-order valence-electron chi connectivity index (χ2n) is 4.01. The maximum Gasteiger partial charge on any atom is 0.335 e. The number of rotatable bonds is 2. The van der Waals surface area contributed by atoms with E-state index in [0.717, 1.165) is 31.9 Å². The molecule has 5 nitrogen and oxygen atoms in total. The van der Waals surface area contributed by atoms with E-state index in [-0.39, 0.29) is 11.1 Å². The van der Waals surface area contributed by atoms with Crippen LogP contribution in [0.25, 0.3) is 0 Å². The molecule has 1 aromatic heterocycles. The normalized spacial score (nSPS) is 19.3. The molecule has 2 rings (SSSR count). The van der Waals surface area contributed by atoms with Crippen molar-refractivity contribution >= 4 is 9.84 Å². The minimum atomic E-state index is -3.36. The van der Waals surface area contributed by atoms with Crippen LogP contribution in [0.1, 0.15) is 43.9 Å². The average molecular weight is 230 g/mol. The Kier molecular flexibility index (Phi) is 2.77. The Morgan fingerprint density at radius 3 is 2.40 bits per heavy atom. The summed E-state index contributed by atoms with van der Waals surface area (Å²) in [4.78, 5) is 0. The zero-order valence-corrected chi connectivity index (χ0v) is 9.46. The van der Waals surface area contributed by atoms with Gasteiger partial charge in [0, 0.05) is 12.2 Å². The summed E-state index contributed by atoms with van der Waals surface area (Å²) >= 11 is 0. The lowest BCUT2D eigenvalue weighted by atomic mass is 9.89. The lowest BCUT2D eigenvalue weighted by molar-refractivity contribution is 0.329. The van der Waals surface area contributed by atoms with Gasteiger partial charge in [0.1, 0.15) is 0 Å². The first-order valence-electron chi connectivity index (χ1n) is 5.11. The van der Waals surface area contributed by atoms with E-state index in [9.17, 15) is 8.42 Å². The molecule has 0 bridgehead atoms. The molecule has 1 aliphatic rings. The number of hydrogen-bond acceptors (Lipinski definition) is 5. The van der Waals surface area contributed by atoms with Crippen LogP contribution in [-0.2, 0) is 9.84 Å². The van der Waals surface area contributed by atoms with Crippen LogP contribution in [0.4, 0.5) is 0 Å². The van der Waals surface area contributed by atoms with Gasteiger partial charge in [-0.05, 0) is 12.8 Å². The molecule has 0 atom stereocenters. The van der Waals surface area contributed by atoms with Crippen molar-refractivity contribution < 1.29 is 12.8 Å². The first-order chi connectivity index (χ1) is 7.07. The molecule has 0 saturated heterocycles. The molecule has 1 fully saturated rings. The van der Waals surface area contributed by atoms with Crippen molar-refractivity contribution in [2.45, 2.75) is 43.2 Å². The van der Waals surface area contributed by atoms with Gasteiger partial charge in [0.2, 0.25) is 15.7 Å². The third kappa shape index (κ3) is 2.37. The number of sulfone groups is 1. The summed E-state index contributed by atoms with van der Waals surface area (Å²) in [5.41, 5.74) is 0. The van der Waals surface area contributed by atoms with E-state index in [1.807, 2.05) is 0 Å². The molecule has 0 aliphatic heterocycles. The topological polar surface area (TPSA) is 73.1 Å². The summed E-state index contributed by atoms with van der Waals surface area (Å²) in [6, 6.07) is 0. The van der Waals surface area contributed by atoms with E-state index in [1.54, 1.807) is 0 Å². The SMILES string of the molecule is CS(=O)(=O)c1nnc(C2CCCCC2)o1. The molecule has 0 radical (unpaired) electrons. The van der Waals surface area contributed by atoms with E-state index in [1.165, 1.54) is 6.42 Å². The highest BCUT2D eigenvalue weighted by Crippen LogP contribution is 2.31. The summed E-state index contributed by atoms with van der Waals surface area (Å²) in [5.74, 6) is 0.733. The van der Waals surface area contributed by atoms with Crippen molar-refractivity contribution in [1.29, 1.82) is 0 Å². The number of aromatic nitrogens is 2. The zero-order chi connectivity index (χ0) is 10.9. The molecule has 1 aliphatic carbocycles. The van der Waals surface area contributed by atoms with Gasteiger partial charge in [0.15, 0.2) is 0 Å². The van der Waals surface area contributed by atoms with Crippen LogP contribution in [0.15, 0.2) is 9.64 Å². The molecular weight excluding hydrogens is 216 g/mol. The van der Waals surface area contributed by atoms with Gasteiger partial charge in [0.05, 0.1) is 0 Å².